The van der Waals surface area contributed by atoms with Gasteiger partial charge >= 0.3 is 0 Å². The van der Waals surface area contributed by atoms with E-state index in [2.05, 4.69) is 22.4 Å². The number of benzene rings is 1. The van der Waals surface area contributed by atoms with E-state index in [-0.39, 0.29) is 0 Å². The lowest BCUT2D eigenvalue weighted by atomic mass is 9.92. The molecule has 3 heterocycles. The number of fused-ring (bicyclic) bond motifs is 2. The number of aromatic nitrogens is 3. The first kappa shape index (κ1) is 18.1. The highest BCUT2D eigenvalue weighted by Gasteiger charge is 2.21. The Kier molecular flexibility index (Phi) is 4.67. The Hall–Kier alpha value is -2.93. The van der Waals surface area contributed by atoms with Gasteiger partial charge in [0.15, 0.2) is 5.75 Å². The van der Waals surface area contributed by atoms with Gasteiger partial charge in [-0.25, -0.2) is 15.0 Å². The summed E-state index contributed by atoms with van der Waals surface area (Å²) >= 11 is 0. The third kappa shape index (κ3) is 3.58. The van der Waals surface area contributed by atoms with Crippen molar-refractivity contribution in [3.05, 3.63) is 36.2 Å². The molecule has 2 aromatic heterocycles. The predicted octanol–water partition coefficient (Wildman–Crippen LogP) is 3.45. The lowest BCUT2D eigenvalue weighted by molar-refractivity contribution is 0.165. The van der Waals surface area contributed by atoms with Gasteiger partial charge in [-0.3, -0.25) is 0 Å². The van der Waals surface area contributed by atoms with Gasteiger partial charge in [0, 0.05) is 29.2 Å². The Balaban J connectivity index is 1.46. The minimum Gasteiger partial charge on any atom is -0.484 e. The van der Waals surface area contributed by atoms with Crippen LogP contribution in [-0.2, 0) is 0 Å². The molecule has 2 aliphatic rings. The van der Waals surface area contributed by atoms with E-state index in [1.165, 1.54) is 0 Å². The van der Waals surface area contributed by atoms with Crippen LogP contribution in [-0.4, -0.2) is 40.2 Å². The minimum absolute atomic E-state index is 0.332. The SMILES string of the molecule is Cc1nc(NC2CCC(N)CC2)nc2ccc(-c3ccnc4c3OCCO4)cc12. The smallest absolute Gasteiger partial charge is 0.257 e. The van der Waals surface area contributed by atoms with Gasteiger partial charge in [0.2, 0.25) is 5.95 Å². The maximum absolute atomic E-state index is 6.01. The molecular formula is C22H25N5O2. The number of nitrogens with two attached hydrogens (primary N) is 1. The van der Waals surface area contributed by atoms with Crippen molar-refractivity contribution >= 4 is 16.9 Å². The number of hydrogen-bond acceptors (Lipinski definition) is 7. The Bertz CT molecular complexity index is 1050. The highest BCUT2D eigenvalue weighted by Crippen LogP contribution is 2.39. The van der Waals surface area contributed by atoms with Crippen molar-refractivity contribution < 1.29 is 9.47 Å². The van der Waals surface area contributed by atoms with E-state index in [0.717, 1.165) is 53.4 Å². The zero-order valence-corrected chi connectivity index (χ0v) is 16.5. The number of hydrogen-bond donors (Lipinski definition) is 2. The van der Waals surface area contributed by atoms with Crippen molar-refractivity contribution in [1.29, 1.82) is 0 Å². The normalized spacial score (nSPS) is 21.2. The average molecular weight is 391 g/mol. The van der Waals surface area contributed by atoms with Crippen molar-refractivity contribution in [2.24, 2.45) is 5.73 Å². The van der Waals surface area contributed by atoms with E-state index >= 15 is 0 Å². The number of pyridine rings is 1. The summed E-state index contributed by atoms with van der Waals surface area (Å²) in [6.45, 7) is 3.08. The van der Waals surface area contributed by atoms with Gasteiger partial charge in [0.1, 0.15) is 13.2 Å². The van der Waals surface area contributed by atoms with Crippen molar-refractivity contribution in [3.63, 3.8) is 0 Å². The van der Waals surface area contributed by atoms with E-state index < -0.39 is 0 Å². The van der Waals surface area contributed by atoms with Crippen molar-refractivity contribution in [1.82, 2.24) is 15.0 Å². The first-order valence-corrected chi connectivity index (χ1v) is 10.2. The third-order valence-electron chi connectivity index (χ3n) is 5.74. The summed E-state index contributed by atoms with van der Waals surface area (Å²) in [5, 5.41) is 4.53. The van der Waals surface area contributed by atoms with E-state index in [1.54, 1.807) is 6.20 Å². The lowest BCUT2D eigenvalue weighted by Crippen LogP contribution is -2.33. The molecule has 0 unspecified atom stereocenters. The van der Waals surface area contributed by atoms with Crippen LogP contribution in [0.2, 0.25) is 0 Å². The zero-order valence-electron chi connectivity index (χ0n) is 16.5. The molecule has 29 heavy (non-hydrogen) atoms. The highest BCUT2D eigenvalue weighted by molar-refractivity contribution is 5.88. The second-order valence-electron chi connectivity index (χ2n) is 7.81. The molecule has 1 aliphatic heterocycles. The summed E-state index contributed by atoms with van der Waals surface area (Å²) < 4.78 is 11.4. The Morgan fingerprint density at radius 1 is 1.03 bits per heavy atom. The number of rotatable bonds is 3. The van der Waals surface area contributed by atoms with Crippen LogP contribution in [0, 0.1) is 6.92 Å². The van der Waals surface area contributed by atoms with Crippen LogP contribution < -0.4 is 20.5 Å². The molecule has 7 nitrogen and oxygen atoms in total. The summed E-state index contributed by atoms with van der Waals surface area (Å²) in [6.07, 6.45) is 5.98. The van der Waals surface area contributed by atoms with Gasteiger partial charge in [0.05, 0.1) is 11.2 Å². The molecule has 0 spiro atoms. The van der Waals surface area contributed by atoms with Crippen LogP contribution in [0.5, 0.6) is 11.6 Å². The van der Waals surface area contributed by atoms with Crippen LogP contribution in [0.15, 0.2) is 30.5 Å². The van der Waals surface area contributed by atoms with Crippen LogP contribution in [0.3, 0.4) is 0 Å². The molecule has 1 aromatic carbocycles. The standard InChI is InChI=1S/C22H25N5O2/c1-13-18-12-14(17-8-9-24-21-20(17)28-10-11-29-21)2-7-19(18)27-22(25-13)26-16-5-3-15(23)4-6-16/h2,7-9,12,15-16H,3-6,10-11,23H2,1H3,(H,25,26,27). The fraction of sp³-hybridized carbons (Fsp3) is 0.409. The summed E-state index contributed by atoms with van der Waals surface area (Å²) in [5.41, 5.74) is 9.90. The van der Waals surface area contributed by atoms with Gasteiger partial charge in [-0.1, -0.05) is 6.07 Å². The molecule has 0 saturated heterocycles. The molecular weight excluding hydrogens is 366 g/mol. The predicted molar refractivity (Wildman–Crippen MR) is 112 cm³/mol. The number of nitrogens with zero attached hydrogens (tertiary/aromatic N) is 3. The fourth-order valence-electron chi connectivity index (χ4n) is 4.14. The van der Waals surface area contributed by atoms with Crippen LogP contribution in [0.4, 0.5) is 5.95 Å². The summed E-state index contributed by atoms with van der Waals surface area (Å²) in [4.78, 5) is 13.7. The molecule has 0 radical (unpaired) electrons. The first-order chi connectivity index (χ1) is 14.2. The molecule has 1 fully saturated rings. The molecule has 150 valence electrons. The Morgan fingerprint density at radius 2 is 1.86 bits per heavy atom. The monoisotopic (exact) mass is 391 g/mol. The average Bonchev–Trinajstić information content (AvgIpc) is 2.75. The minimum atomic E-state index is 0.332. The molecule has 0 amide bonds. The van der Waals surface area contributed by atoms with Crippen LogP contribution in [0.1, 0.15) is 31.4 Å². The van der Waals surface area contributed by atoms with Crippen LogP contribution >= 0.6 is 0 Å². The summed E-state index contributed by atoms with van der Waals surface area (Å²) in [5.74, 6) is 1.94. The maximum Gasteiger partial charge on any atom is 0.257 e. The van der Waals surface area contributed by atoms with E-state index in [9.17, 15) is 0 Å². The molecule has 7 heteroatoms. The molecule has 0 bridgehead atoms. The van der Waals surface area contributed by atoms with Gasteiger partial charge < -0.3 is 20.5 Å². The van der Waals surface area contributed by atoms with Crippen LogP contribution in [0.25, 0.3) is 22.0 Å². The number of anilines is 1. The Labute approximate surface area is 169 Å². The summed E-state index contributed by atoms with van der Waals surface area (Å²) in [6, 6.07) is 8.89. The van der Waals surface area contributed by atoms with Crippen molar-refractivity contribution in [2.45, 2.75) is 44.7 Å². The quantitative estimate of drug-likeness (QED) is 0.706. The van der Waals surface area contributed by atoms with Crippen molar-refractivity contribution in [3.8, 4) is 22.8 Å². The van der Waals surface area contributed by atoms with Gasteiger partial charge in [-0.15, -0.1) is 0 Å². The Morgan fingerprint density at radius 3 is 2.72 bits per heavy atom. The topological polar surface area (TPSA) is 95.2 Å². The van der Waals surface area contributed by atoms with E-state index in [0.29, 0.717) is 42.9 Å². The maximum atomic E-state index is 6.01. The van der Waals surface area contributed by atoms with E-state index in [4.69, 9.17) is 25.2 Å². The summed E-state index contributed by atoms with van der Waals surface area (Å²) in [7, 11) is 0. The zero-order chi connectivity index (χ0) is 19.8. The van der Waals surface area contributed by atoms with Crippen molar-refractivity contribution in [2.75, 3.05) is 18.5 Å². The molecule has 3 aromatic rings. The molecule has 1 aliphatic carbocycles. The third-order valence-corrected chi connectivity index (χ3v) is 5.74. The molecule has 5 rings (SSSR count). The number of aryl methyl sites for hydroxylation is 1. The fourth-order valence-corrected chi connectivity index (χ4v) is 4.14. The number of nitrogens with one attached hydrogen (secondary N) is 1. The second-order valence-corrected chi connectivity index (χ2v) is 7.81. The molecule has 3 N–H and O–H groups in total. The highest BCUT2D eigenvalue weighted by atomic mass is 16.6. The van der Waals surface area contributed by atoms with Gasteiger partial charge in [0.25, 0.3) is 5.88 Å². The second kappa shape index (κ2) is 7.48. The first-order valence-electron chi connectivity index (χ1n) is 10.2. The molecule has 0 atom stereocenters. The van der Waals surface area contributed by atoms with Gasteiger partial charge in [-0.2, -0.15) is 0 Å². The van der Waals surface area contributed by atoms with E-state index in [1.807, 2.05) is 19.1 Å². The number of ether oxygens (including phenoxy) is 2. The molecule has 1 saturated carbocycles. The largest absolute Gasteiger partial charge is 0.484 e. The van der Waals surface area contributed by atoms with Gasteiger partial charge in [-0.05, 0) is 56.4 Å². The lowest BCUT2D eigenvalue weighted by Gasteiger charge is -2.27.